The van der Waals surface area contributed by atoms with Crippen LogP contribution in [-0.2, 0) is 0 Å². The van der Waals surface area contributed by atoms with E-state index in [0.717, 1.165) is 44.6 Å². The van der Waals surface area contributed by atoms with Crippen molar-refractivity contribution in [2.75, 3.05) is 7.11 Å². The molecule has 3 nitrogen and oxygen atoms in total. The quantitative estimate of drug-likeness (QED) is 0.339. The fourth-order valence-corrected chi connectivity index (χ4v) is 4.60. The third-order valence-corrected chi connectivity index (χ3v) is 6.07. The van der Waals surface area contributed by atoms with Crippen molar-refractivity contribution in [3.63, 3.8) is 0 Å². The van der Waals surface area contributed by atoms with Gasteiger partial charge in [-0.1, -0.05) is 37.6 Å². The van der Waals surface area contributed by atoms with E-state index in [-0.39, 0.29) is 0 Å². The molecular formula is C24H23ClN2OS. The summed E-state index contributed by atoms with van der Waals surface area (Å²) in [5, 5.41) is 13.7. The Balaban J connectivity index is 0.00000117. The molecule has 2 aromatic heterocycles. The van der Waals surface area contributed by atoms with E-state index in [1.54, 1.807) is 23.0 Å². The summed E-state index contributed by atoms with van der Waals surface area (Å²) in [6, 6.07) is 13.6. The second-order valence-electron chi connectivity index (χ2n) is 6.40. The first-order valence-electron chi connectivity index (χ1n) is 9.48. The van der Waals surface area contributed by atoms with Crippen LogP contribution in [0.2, 0.25) is 5.02 Å². The van der Waals surface area contributed by atoms with Crippen LogP contribution in [0.3, 0.4) is 0 Å². The molecule has 0 aliphatic rings. The minimum absolute atomic E-state index is 0.651. The van der Waals surface area contributed by atoms with E-state index in [1.807, 2.05) is 56.3 Å². The number of benzene rings is 2. The Labute approximate surface area is 180 Å². The van der Waals surface area contributed by atoms with Gasteiger partial charge in [0.15, 0.2) is 6.19 Å². The summed E-state index contributed by atoms with van der Waals surface area (Å²) in [7, 11) is 1.65. The number of rotatable bonds is 3. The number of ether oxygens (including phenoxy) is 1. The van der Waals surface area contributed by atoms with Gasteiger partial charge in [-0.2, -0.15) is 5.26 Å². The Bertz CT molecular complexity index is 1180. The normalized spacial score (nSPS) is 10.4. The SMILES string of the molecule is CC.COc1ccc(-c2c(-c3c(C)csc3C)n(C#N)c3ccc(Cl)cc23)cc1. The van der Waals surface area contributed by atoms with Crippen LogP contribution in [0.25, 0.3) is 33.3 Å². The molecule has 4 aromatic rings. The second kappa shape index (κ2) is 8.73. The zero-order chi connectivity index (χ0) is 21.1. The molecule has 0 radical (unpaired) electrons. The number of fused-ring (bicyclic) bond motifs is 1. The molecule has 0 aliphatic carbocycles. The van der Waals surface area contributed by atoms with E-state index in [4.69, 9.17) is 16.3 Å². The van der Waals surface area contributed by atoms with Gasteiger partial charge in [0.2, 0.25) is 0 Å². The zero-order valence-electron chi connectivity index (χ0n) is 17.2. The van der Waals surface area contributed by atoms with E-state index in [0.29, 0.717) is 5.02 Å². The summed E-state index contributed by atoms with van der Waals surface area (Å²) in [4.78, 5) is 1.19. The maximum Gasteiger partial charge on any atom is 0.189 e. The Hall–Kier alpha value is -2.74. The van der Waals surface area contributed by atoms with E-state index >= 15 is 0 Å². The van der Waals surface area contributed by atoms with E-state index in [1.165, 1.54) is 4.88 Å². The molecule has 0 N–H and O–H groups in total. The van der Waals surface area contributed by atoms with E-state index < -0.39 is 0 Å². The first-order chi connectivity index (χ1) is 14.0. The summed E-state index contributed by atoms with van der Waals surface area (Å²) < 4.78 is 7.02. The molecule has 2 aromatic carbocycles. The van der Waals surface area contributed by atoms with Gasteiger partial charge in [0.05, 0.1) is 18.3 Å². The van der Waals surface area contributed by atoms with Gasteiger partial charge in [-0.15, -0.1) is 11.3 Å². The molecule has 0 saturated heterocycles. The lowest BCUT2D eigenvalue weighted by Gasteiger charge is -2.09. The van der Waals surface area contributed by atoms with Gasteiger partial charge < -0.3 is 4.74 Å². The molecule has 0 saturated carbocycles. The number of methoxy groups -OCH3 is 1. The molecule has 5 heteroatoms. The summed E-state index contributed by atoms with van der Waals surface area (Å²) in [5.74, 6) is 0.797. The van der Waals surface area contributed by atoms with Crippen LogP contribution in [0.1, 0.15) is 24.3 Å². The Morgan fingerprint density at radius 2 is 1.72 bits per heavy atom. The van der Waals surface area contributed by atoms with Crippen molar-refractivity contribution in [3.05, 3.63) is 63.3 Å². The van der Waals surface area contributed by atoms with Crippen LogP contribution >= 0.6 is 22.9 Å². The lowest BCUT2D eigenvalue weighted by atomic mass is 9.97. The number of nitriles is 1. The molecule has 29 heavy (non-hydrogen) atoms. The van der Waals surface area contributed by atoms with Crippen molar-refractivity contribution in [1.82, 2.24) is 4.57 Å². The van der Waals surface area contributed by atoms with E-state index in [9.17, 15) is 5.26 Å². The van der Waals surface area contributed by atoms with Crippen molar-refractivity contribution in [2.24, 2.45) is 0 Å². The van der Waals surface area contributed by atoms with Gasteiger partial charge in [0.1, 0.15) is 5.75 Å². The molecule has 0 atom stereocenters. The Morgan fingerprint density at radius 3 is 2.28 bits per heavy atom. The van der Waals surface area contributed by atoms with Crippen LogP contribution in [0, 0.1) is 25.3 Å². The number of hydrogen-bond acceptors (Lipinski definition) is 3. The standard InChI is InChI=1S/C22H17ClN2OS.C2H6/c1-13-11-27-14(2)20(13)22-21(15-4-7-17(26-3)8-5-15)18-10-16(23)6-9-19(18)25(22)12-24;1-2/h4-11H,1-3H3;1-2H3. The van der Waals surface area contributed by atoms with Crippen molar-refractivity contribution >= 4 is 33.8 Å². The topological polar surface area (TPSA) is 38.0 Å². The fourth-order valence-electron chi connectivity index (χ4n) is 3.58. The van der Waals surface area contributed by atoms with Gasteiger partial charge in [0.25, 0.3) is 0 Å². The van der Waals surface area contributed by atoms with Crippen molar-refractivity contribution in [1.29, 1.82) is 5.26 Å². The average Bonchev–Trinajstić information content (AvgIpc) is 3.24. The first-order valence-corrected chi connectivity index (χ1v) is 10.7. The van der Waals surface area contributed by atoms with Crippen molar-refractivity contribution in [3.8, 4) is 34.3 Å². The molecule has 4 rings (SSSR count). The second-order valence-corrected chi connectivity index (χ2v) is 7.92. The first kappa shape index (κ1) is 21.0. The number of thiophene rings is 1. The molecule has 0 unspecified atom stereocenters. The predicted molar refractivity (Wildman–Crippen MR) is 124 cm³/mol. The summed E-state index contributed by atoms with van der Waals surface area (Å²) >= 11 is 8.01. The molecule has 0 amide bonds. The van der Waals surface area contributed by atoms with Gasteiger partial charge >= 0.3 is 0 Å². The predicted octanol–water partition coefficient (Wildman–Crippen LogP) is 7.67. The number of aromatic nitrogens is 1. The van der Waals surface area contributed by atoms with Crippen LogP contribution in [0.15, 0.2) is 47.8 Å². The summed E-state index contributed by atoms with van der Waals surface area (Å²) in [6.07, 6.45) is 2.37. The Morgan fingerprint density at radius 1 is 1.03 bits per heavy atom. The smallest absolute Gasteiger partial charge is 0.189 e. The number of halogens is 1. The van der Waals surface area contributed by atoms with Crippen molar-refractivity contribution < 1.29 is 4.74 Å². The molecular weight excluding hydrogens is 400 g/mol. The highest BCUT2D eigenvalue weighted by molar-refractivity contribution is 7.10. The molecule has 148 valence electrons. The van der Waals surface area contributed by atoms with Crippen LogP contribution in [-0.4, -0.2) is 11.7 Å². The minimum atomic E-state index is 0.651. The zero-order valence-corrected chi connectivity index (χ0v) is 18.8. The fraction of sp³-hybridized carbons (Fsp3) is 0.208. The summed E-state index contributed by atoms with van der Waals surface area (Å²) in [5.41, 5.74) is 6.08. The summed E-state index contributed by atoms with van der Waals surface area (Å²) in [6.45, 7) is 8.18. The van der Waals surface area contributed by atoms with Crippen LogP contribution < -0.4 is 4.74 Å². The molecule has 0 spiro atoms. The molecule has 2 heterocycles. The highest BCUT2D eigenvalue weighted by Gasteiger charge is 2.23. The van der Waals surface area contributed by atoms with Gasteiger partial charge in [-0.05, 0) is 60.7 Å². The van der Waals surface area contributed by atoms with Crippen molar-refractivity contribution in [2.45, 2.75) is 27.7 Å². The lowest BCUT2D eigenvalue weighted by Crippen LogP contribution is -1.94. The molecule has 0 fully saturated rings. The van der Waals surface area contributed by atoms with Crippen LogP contribution in [0.4, 0.5) is 0 Å². The third-order valence-electron chi connectivity index (χ3n) is 4.80. The highest BCUT2D eigenvalue weighted by Crippen LogP contribution is 2.45. The average molecular weight is 423 g/mol. The largest absolute Gasteiger partial charge is 0.497 e. The minimum Gasteiger partial charge on any atom is -0.497 e. The van der Waals surface area contributed by atoms with E-state index in [2.05, 4.69) is 25.4 Å². The number of hydrogen-bond donors (Lipinski definition) is 0. The maximum atomic E-state index is 9.97. The van der Waals surface area contributed by atoms with Crippen LogP contribution in [0.5, 0.6) is 5.75 Å². The van der Waals surface area contributed by atoms with Gasteiger partial charge in [-0.25, -0.2) is 4.57 Å². The molecule has 0 aliphatic heterocycles. The Kier molecular flexibility index (Phi) is 6.32. The third kappa shape index (κ3) is 3.64. The lowest BCUT2D eigenvalue weighted by molar-refractivity contribution is 0.415. The molecule has 0 bridgehead atoms. The number of nitrogens with zero attached hydrogens (tertiary/aromatic N) is 2. The van der Waals surface area contributed by atoms with Gasteiger partial charge in [-0.3, -0.25) is 0 Å². The van der Waals surface area contributed by atoms with Gasteiger partial charge in [0, 0.05) is 26.4 Å². The monoisotopic (exact) mass is 422 g/mol. The number of aryl methyl sites for hydroxylation is 2. The highest BCUT2D eigenvalue weighted by atomic mass is 35.5. The maximum absolute atomic E-state index is 9.97.